The van der Waals surface area contributed by atoms with Crippen molar-refractivity contribution in [2.45, 2.75) is 59.6 Å². The second kappa shape index (κ2) is 14.7. The van der Waals surface area contributed by atoms with Crippen molar-refractivity contribution in [1.82, 2.24) is 20.0 Å². The lowest BCUT2D eigenvalue weighted by atomic mass is 10.0. The highest BCUT2D eigenvalue weighted by Gasteiger charge is 2.17. The number of carbonyl (C=O) groups is 1. The minimum atomic E-state index is -0.231. The van der Waals surface area contributed by atoms with E-state index in [2.05, 4.69) is 33.6 Å². The van der Waals surface area contributed by atoms with Crippen LogP contribution in [0.1, 0.15) is 68.1 Å². The van der Waals surface area contributed by atoms with Gasteiger partial charge in [-0.3, -0.25) is 14.4 Å². The summed E-state index contributed by atoms with van der Waals surface area (Å²) < 4.78 is 7.80. The van der Waals surface area contributed by atoms with Gasteiger partial charge in [0, 0.05) is 49.7 Å². The summed E-state index contributed by atoms with van der Waals surface area (Å²) in [7, 11) is 1.89. The van der Waals surface area contributed by atoms with Crippen LogP contribution in [-0.2, 0) is 7.05 Å². The molecular weight excluding hydrogens is 490 g/mol. The van der Waals surface area contributed by atoms with Gasteiger partial charge < -0.3 is 20.5 Å². The quantitative estimate of drug-likeness (QED) is 0.248. The molecule has 0 saturated heterocycles. The maximum atomic E-state index is 13.4. The van der Waals surface area contributed by atoms with Gasteiger partial charge in [0.1, 0.15) is 5.75 Å². The fourth-order valence-corrected chi connectivity index (χ4v) is 4.50. The maximum Gasteiger partial charge on any atom is 0.252 e. The summed E-state index contributed by atoms with van der Waals surface area (Å²) in [6.07, 6.45) is 6.08. The number of aliphatic hydroxyl groups is 1. The molecule has 1 unspecified atom stereocenters. The Hall–Kier alpha value is -3.36. The van der Waals surface area contributed by atoms with E-state index in [1.807, 2.05) is 77.5 Å². The molecule has 0 aliphatic heterocycles. The normalized spacial score (nSPS) is 12.1. The van der Waals surface area contributed by atoms with E-state index in [-0.39, 0.29) is 24.7 Å². The Morgan fingerprint density at radius 2 is 1.90 bits per heavy atom. The lowest BCUT2D eigenvalue weighted by Crippen LogP contribution is -2.32. The molecule has 1 amide bonds. The Balaban J connectivity index is 1.72. The van der Waals surface area contributed by atoms with Gasteiger partial charge in [-0.1, -0.05) is 19.4 Å². The summed E-state index contributed by atoms with van der Waals surface area (Å²) in [5, 5.41) is 20.3. The summed E-state index contributed by atoms with van der Waals surface area (Å²) in [6, 6.07) is 11.7. The zero-order valence-electron chi connectivity index (χ0n) is 24.3. The van der Waals surface area contributed by atoms with E-state index in [9.17, 15) is 9.90 Å². The van der Waals surface area contributed by atoms with Crippen molar-refractivity contribution in [3.63, 3.8) is 0 Å². The third-order valence-electron chi connectivity index (χ3n) is 6.67. The number of carbonyl (C=O) groups excluding carboxylic acids is 1. The number of hydrogen-bond donors (Lipinski definition) is 3. The lowest BCUT2D eigenvalue weighted by Gasteiger charge is -2.22. The van der Waals surface area contributed by atoms with Crippen molar-refractivity contribution in [1.29, 1.82) is 0 Å². The Labute approximate surface area is 233 Å². The van der Waals surface area contributed by atoms with E-state index < -0.39 is 0 Å². The number of hydrogen-bond acceptors (Lipinski definition) is 6. The molecule has 3 aromatic rings. The zero-order valence-corrected chi connectivity index (χ0v) is 24.3. The molecule has 3 N–H and O–H groups in total. The van der Waals surface area contributed by atoms with Crippen molar-refractivity contribution in [2.24, 2.45) is 7.05 Å². The predicted octanol–water partition coefficient (Wildman–Crippen LogP) is 5.18. The van der Waals surface area contributed by atoms with Crippen molar-refractivity contribution >= 4 is 11.6 Å². The van der Waals surface area contributed by atoms with Gasteiger partial charge >= 0.3 is 0 Å². The summed E-state index contributed by atoms with van der Waals surface area (Å²) in [4.78, 5) is 15.6. The third-order valence-corrected chi connectivity index (χ3v) is 6.67. The number of nitrogens with one attached hydrogen (secondary N) is 2. The Kier molecular flexibility index (Phi) is 11.4. The average molecular weight is 536 g/mol. The van der Waals surface area contributed by atoms with Gasteiger partial charge in [0.15, 0.2) is 0 Å². The highest BCUT2D eigenvalue weighted by molar-refractivity contribution is 5.96. The molecule has 212 valence electrons. The number of unbranched alkanes of at least 4 members (excludes halogenated alkanes) is 1. The number of ether oxygens (including phenoxy) is 1. The van der Waals surface area contributed by atoms with E-state index in [0.29, 0.717) is 12.1 Å². The standard InChI is InChI=1S/C31H45N5O3/c1-7-8-12-36(14-15-37)13-11-32-28-10-9-23(4)30(19-28)31(38)34-24(5)25-16-26(27-20-33-35(6)21-27)18-29(17-25)39-22(2)3/h9-10,16-22,24,32,37H,7-8,11-15H2,1-6H3,(H,34,38). The van der Waals surface area contributed by atoms with Gasteiger partial charge in [-0.2, -0.15) is 5.10 Å². The molecule has 8 nitrogen and oxygen atoms in total. The number of aryl methyl sites for hydroxylation is 2. The number of benzene rings is 2. The molecule has 3 rings (SSSR count). The van der Waals surface area contributed by atoms with Gasteiger partial charge in [0.2, 0.25) is 0 Å². The highest BCUT2D eigenvalue weighted by atomic mass is 16.5. The van der Waals surface area contributed by atoms with E-state index in [1.165, 1.54) is 0 Å². The van der Waals surface area contributed by atoms with E-state index >= 15 is 0 Å². The van der Waals surface area contributed by atoms with Crippen LogP contribution >= 0.6 is 0 Å². The number of rotatable bonds is 15. The number of amides is 1. The summed E-state index contributed by atoms with van der Waals surface area (Å²) >= 11 is 0. The van der Waals surface area contributed by atoms with Crippen molar-refractivity contribution in [2.75, 3.05) is 38.1 Å². The van der Waals surface area contributed by atoms with Crippen LogP contribution in [0.15, 0.2) is 48.8 Å². The van der Waals surface area contributed by atoms with Crippen molar-refractivity contribution in [3.8, 4) is 16.9 Å². The maximum absolute atomic E-state index is 13.4. The molecular formula is C31H45N5O3. The average Bonchev–Trinajstić information content (AvgIpc) is 3.33. The molecule has 0 spiro atoms. The summed E-state index contributed by atoms with van der Waals surface area (Å²) in [5.74, 6) is 0.644. The van der Waals surface area contributed by atoms with Crippen LogP contribution in [0.5, 0.6) is 5.75 Å². The Bertz CT molecular complexity index is 1210. The molecule has 0 aliphatic rings. The summed E-state index contributed by atoms with van der Waals surface area (Å²) in [6.45, 7) is 13.5. The molecule has 0 saturated carbocycles. The second-order valence-electron chi connectivity index (χ2n) is 10.4. The molecule has 0 aliphatic carbocycles. The molecule has 0 bridgehead atoms. The number of aliphatic hydroxyl groups excluding tert-OH is 1. The van der Waals surface area contributed by atoms with Gasteiger partial charge in [0.25, 0.3) is 5.91 Å². The first-order valence-corrected chi connectivity index (χ1v) is 14.0. The minimum absolute atomic E-state index is 0.0344. The van der Waals surface area contributed by atoms with E-state index in [1.54, 1.807) is 4.68 Å². The molecule has 39 heavy (non-hydrogen) atoms. The van der Waals surface area contributed by atoms with Crippen LogP contribution in [0, 0.1) is 6.92 Å². The van der Waals surface area contributed by atoms with Crippen LogP contribution in [0.3, 0.4) is 0 Å². The van der Waals surface area contributed by atoms with Crippen molar-refractivity contribution < 1.29 is 14.6 Å². The lowest BCUT2D eigenvalue weighted by molar-refractivity contribution is 0.0939. The molecule has 8 heteroatoms. The van der Waals surface area contributed by atoms with Gasteiger partial charge in [-0.05, 0) is 87.7 Å². The summed E-state index contributed by atoms with van der Waals surface area (Å²) in [5.41, 5.74) is 5.42. The first-order chi connectivity index (χ1) is 18.7. The van der Waals surface area contributed by atoms with Crippen LogP contribution in [-0.4, -0.2) is 64.6 Å². The molecule has 0 radical (unpaired) electrons. The van der Waals surface area contributed by atoms with Crippen LogP contribution < -0.4 is 15.4 Å². The predicted molar refractivity (Wildman–Crippen MR) is 158 cm³/mol. The molecule has 1 atom stereocenters. The SMILES string of the molecule is CCCCN(CCO)CCNc1ccc(C)c(C(=O)NC(C)c2cc(OC(C)C)cc(-c3cnn(C)c3)c2)c1. The smallest absolute Gasteiger partial charge is 0.252 e. The first-order valence-electron chi connectivity index (χ1n) is 14.0. The van der Waals surface area contributed by atoms with Gasteiger partial charge in [-0.15, -0.1) is 0 Å². The van der Waals surface area contributed by atoms with Crippen LogP contribution in [0.2, 0.25) is 0 Å². The zero-order chi connectivity index (χ0) is 28.4. The molecule has 0 fully saturated rings. The topological polar surface area (TPSA) is 91.7 Å². The Morgan fingerprint density at radius 3 is 2.56 bits per heavy atom. The van der Waals surface area contributed by atoms with E-state index in [4.69, 9.17) is 4.74 Å². The number of anilines is 1. The minimum Gasteiger partial charge on any atom is -0.491 e. The highest BCUT2D eigenvalue weighted by Crippen LogP contribution is 2.30. The Morgan fingerprint density at radius 1 is 1.10 bits per heavy atom. The third kappa shape index (κ3) is 9.11. The second-order valence-corrected chi connectivity index (χ2v) is 10.4. The molecule has 1 heterocycles. The number of nitrogens with zero attached hydrogens (tertiary/aromatic N) is 3. The fraction of sp³-hybridized carbons (Fsp3) is 0.484. The first kappa shape index (κ1) is 30.2. The fourth-order valence-electron chi connectivity index (χ4n) is 4.50. The van der Waals surface area contributed by atoms with Gasteiger partial charge in [0.05, 0.1) is 24.9 Å². The van der Waals surface area contributed by atoms with Crippen LogP contribution in [0.25, 0.3) is 11.1 Å². The largest absolute Gasteiger partial charge is 0.491 e. The van der Waals surface area contributed by atoms with Gasteiger partial charge in [-0.25, -0.2) is 0 Å². The monoisotopic (exact) mass is 535 g/mol. The molecule has 2 aromatic carbocycles. The molecule has 1 aromatic heterocycles. The van der Waals surface area contributed by atoms with E-state index in [0.717, 1.165) is 66.2 Å². The van der Waals surface area contributed by atoms with Crippen LogP contribution in [0.4, 0.5) is 5.69 Å². The number of aromatic nitrogens is 2. The van der Waals surface area contributed by atoms with Crippen molar-refractivity contribution in [3.05, 3.63) is 65.5 Å².